The topological polar surface area (TPSA) is 87.0 Å². The minimum absolute atomic E-state index is 0.0562. The number of unbranched alkanes of at least 4 members (excludes halogenated alkanes) is 1. The van der Waals surface area contributed by atoms with E-state index in [1.807, 2.05) is 0 Å². The fraction of sp³-hybridized carbons (Fsp3) is 0.308. The SMILES string of the molecule is CCCCc1cnn(-c2ccc([N+](=O)[O-])cc2)c1N. The summed E-state index contributed by atoms with van der Waals surface area (Å²) < 4.78 is 1.61. The molecule has 0 aliphatic heterocycles. The van der Waals surface area contributed by atoms with E-state index in [0.717, 1.165) is 30.5 Å². The quantitative estimate of drug-likeness (QED) is 0.661. The van der Waals surface area contributed by atoms with E-state index < -0.39 is 4.92 Å². The molecule has 1 aromatic carbocycles. The minimum atomic E-state index is -0.428. The van der Waals surface area contributed by atoms with Crippen molar-refractivity contribution >= 4 is 11.5 Å². The van der Waals surface area contributed by atoms with E-state index in [1.54, 1.807) is 23.0 Å². The summed E-state index contributed by atoms with van der Waals surface area (Å²) in [5.74, 6) is 0.599. The van der Waals surface area contributed by atoms with Crippen LogP contribution in [0.3, 0.4) is 0 Å². The molecule has 0 unspecified atom stereocenters. The zero-order chi connectivity index (χ0) is 13.8. The molecule has 6 nitrogen and oxygen atoms in total. The van der Waals surface area contributed by atoms with Gasteiger partial charge in [0, 0.05) is 17.7 Å². The molecule has 1 heterocycles. The minimum Gasteiger partial charge on any atom is -0.383 e. The number of non-ortho nitro benzene ring substituents is 1. The Balaban J connectivity index is 2.26. The highest BCUT2D eigenvalue weighted by Crippen LogP contribution is 2.20. The van der Waals surface area contributed by atoms with Gasteiger partial charge < -0.3 is 5.73 Å². The Morgan fingerprint density at radius 2 is 2.05 bits per heavy atom. The number of hydrogen-bond donors (Lipinski definition) is 1. The molecule has 0 atom stereocenters. The fourth-order valence-electron chi connectivity index (χ4n) is 1.87. The first-order valence-corrected chi connectivity index (χ1v) is 6.20. The number of nitrogens with zero attached hydrogens (tertiary/aromatic N) is 3. The smallest absolute Gasteiger partial charge is 0.269 e. The Labute approximate surface area is 111 Å². The van der Waals surface area contributed by atoms with E-state index in [-0.39, 0.29) is 5.69 Å². The van der Waals surface area contributed by atoms with Crippen LogP contribution < -0.4 is 5.73 Å². The summed E-state index contributed by atoms with van der Waals surface area (Å²) in [5.41, 5.74) is 7.84. The first-order chi connectivity index (χ1) is 9.13. The molecule has 0 aliphatic rings. The molecule has 0 saturated carbocycles. The summed E-state index contributed by atoms with van der Waals surface area (Å²) >= 11 is 0. The van der Waals surface area contributed by atoms with Gasteiger partial charge in [0.15, 0.2) is 0 Å². The maximum Gasteiger partial charge on any atom is 0.269 e. The Bertz CT molecular complexity index is 575. The maximum atomic E-state index is 10.6. The summed E-state index contributed by atoms with van der Waals surface area (Å²) in [5, 5.41) is 14.8. The summed E-state index contributed by atoms with van der Waals surface area (Å²) in [4.78, 5) is 10.2. The molecule has 1 aromatic heterocycles. The largest absolute Gasteiger partial charge is 0.383 e. The molecule has 19 heavy (non-hydrogen) atoms. The monoisotopic (exact) mass is 260 g/mol. The third kappa shape index (κ3) is 2.73. The van der Waals surface area contributed by atoms with Gasteiger partial charge in [-0.15, -0.1) is 0 Å². The predicted molar refractivity (Wildman–Crippen MR) is 73.2 cm³/mol. The maximum absolute atomic E-state index is 10.6. The van der Waals surface area contributed by atoms with Crippen LogP contribution in [0.4, 0.5) is 11.5 Å². The van der Waals surface area contributed by atoms with Gasteiger partial charge in [0.2, 0.25) is 0 Å². The number of nitrogens with two attached hydrogens (primary N) is 1. The third-order valence-electron chi connectivity index (χ3n) is 2.99. The molecule has 0 amide bonds. The molecule has 6 heteroatoms. The third-order valence-corrected chi connectivity index (χ3v) is 2.99. The molecule has 2 aromatic rings. The number of hydrogen-bond acceptors (Lipinski definition) is 4. The molecule has 2 N–H and O–H groups in total. The normalized spacial score (nSPS) is 10.6. The molecule has 0 radical (unpaired) electrons. The molecular formula is C13H16N4O2. The molecule has 0 bridgehead atoms. The number of aryl methyl sites for hydroxylation is 1. The van der Waals surface area contributed by atoms with Crippen LogP contribution in [0, 0.1) is 10.1 Å². The summed E-state index contributed by atoms with van der Waals surface area (Å²) in [6.45, 7) is 2.12. The van der Waals surface area contributed by atoms with Gasteiger partial charge in [-0.2, -0.15) is 5.10 Å². The van der Waals surface area contributed by atoms with Crippen molar-refractivity contribution in [2.75, 3.05) is 5.73 Å². The highest BCUT2D eigenvalue weighted by Gasteiger charge is 2.10. The molecular weight excluding hydrogens is 244 g/mol. The lowest BCUT2D eigenvalue weighted by Gasteiger charge is -2.04. The molecule has 100 valence electrons. The van der Waals surface area contributed by atoms with E-state index in [0.29, 0.717) is 5.82 Å². The van der Waals surface area contributed by atoms with Crippen LogP contribution in [0.1, 0.15) is 25.3 Å². The van der Waals surface area contributed by atoms with Gasteiger partial charge in [-0.3, -0.25) is 10.1 Å². The standard InChI is InChI=1S/C13H16N4O2/c1-2-3-4-10-9-15-16(13(10)14)11-5-7-12(8-6-11)17(18)19/h5-9H,2-4,14H2,1H3. The number of nitro benzene ring substituents is 1. The Hall–Kier alpha value is -2.37. The highest BCUT2D eigenvalue weighted by molar-refractivity contribution is 5.49. The molecule has 2 rings (SSSR count). The van der Waals surface area contributed by atoms with Gasteiger partial charge in [0.1, 0.15) is 5.82 Å². The number of nitro groups is 1. The first kappa shape index (κ1) is 13.1. The first-order valence-electron chi connectivity index (χ1n) is 6.20. The van der Waals surface area contributed by atoms with Crippen LogP contribution in [0.2, 0.25) is 0 Å². The van der Waals surface area contributed by atoms with Gasteiger partial charge in [-0.05, 0) is 25.0 Å². The summed E-state index contributed by atoms with van der Waals surface area (Å²) in [7, 11) is 0. The van der Waals surface area contributed by atoms with E-state index >= 15 is 0 Å². The van der Waals surface area contributed by atoms with Gasteiger partial charge in [0.25, 0.3) is 5.69 Å². The Kier molecular flexibility index (Phi) is 3.79. The summed E-state index contributed by atoms with van der Waals surface area (Å²) in [6, 6.07) is 6.18. The average molecular weight is 260 g/mol. The molecule has 0 fully saturated rings. The van der Waals surface area contributed by atoms with Crippen molar-refractivity contribution in [3.8, 4) is 5.69 Å². The molecule has 0 spiro atoms. The second-order valence-electron chi connectivity index (χ2n) is 4.34. The van der Waals surface area contributed by atoms with Crippen molar-refractivity contribution in [2.24, 2.45) is 0 Å². The van der Waals surface area contributed by atoms with Crippen LogP contribution in [0.5, 0.6) is 0 Å². The van der Waals surface area contributed by atoms with E-state index in [9.17, 15) is 10.1 Å². The van der Waals surface area contributed by atoms with Crippen molar-refractivity contribution in [1.82, 2.24) is 9.78 Å². The van der Waals surface area contributed by atoms with Crippen LogP contribution in [-0.4, -0.2) is 14.7 Å². The predicted octanol–water partition coefficient (Wildman–Crippen LogP) is 2.71. The van der Waals surface area contributed by atoms with Crippen molar-refractivity contribution in [3.05, 3.63) is 46.1 Å². The number of aromatic nitrogens is 2. The Morgan fingerprint density at radius 3 is 2.63 bits per heavy atom. The van der Waals surface area contributed by atoms with Crippen LogP contribution in [0.25, 0.3) is 5.69 Å². The van der Waals surface area contributed by atoms with Gasteiger partial charge in [0.05, 0.1) is 16.8 Å². The van der Waals surface area contributed by atoms with Crippen molar-refractivity contribution in [2.45, 2.75) is 26.2 Å². The number of benzene rings is 1. The lowest BCUT2D eigenvalue weighted by Crippen LogP contribution is -2.03. The highest BCUT2D eigenvalue weighted by atomic mass is 16.6. The lowest BCUT2D eigenvalue weighted by atomic mass is 10.1. The van der Waals surface area contributed by atoms with Crippen molar-refractivity contribution in [1.29, 1.82) is 0 Å². The van der Waals surface area contributed by atoms with Crippen molar-refractivity contribution in [3.63, 3.8) is 0 Å². The molecule has 0 saturated heterocycles. The zero-order valence-electron chi connectivity index (χ0n) is 10.7. The van der Waals surface area contributed by atoms with Crippen LogP contribution in [-0.2, 0) is 6.42 Å². The van der Waals surface area contributed by atoms with E-state index in [1.165, 1.54) is 12.1 Å². The number of anilines is 1. The second-order valence-corrected chi connectivity index (χ2v) is 4.34. The van der Waals surface area contributed by atoms with Crippen LogP contribution in [0.15, 0.2) is 30.5 Å². The lowest BCUT2D eigenvalue weighted by molar-refractivity contribution is -0.384. The zero-order valence-corrected chi connectivity index (χ0v) is 10.7. The number of rotatable bonds is 5. The van der Waals surface area contributed by atoms with Crippen molar-refractivity contribution < 1.29 is 4.92 Å². The average Bonchev–Trinajstić information content (AvgIpc) is 2.78. The van der Waals surface area contributed by atoms with Crippen LogP contribution >= 0.6 is 0 Å². The van der Waals surface area contributed by atoms with E-state index in [2.05, 4.69) is 12.0 Å². The van der Waals surface area contributed by atoms with Gasteiger partial charge >= 0.3 is 0 Å². The Morgan fingerprint density at radius 1 is 1.37 bits per heavy atom. The van der Waals surface area contributed by atoms with Gasteiger partial charge in [-0.25, -0.2) is 4.68 Å². The fourth-order valence-corrected chi connectivity index (χ4v) is 1.87. The summed E-state index contributed by atoms with van der Waals surface area (Å²) in [6.07, 6.45) is 4.82. The second kappa shape index (κ2) is 5.51. The molecule has 0 aliphatic carbocycles. The van der Waals surface area contributed by atoms with E-state index in [4.69, 9.17) is 5.73 Å². The number of nitrogen functional groups attached to an aromatic ring is 1. The van der Waals surface area contributed by atoms with Gasteiger partial charge in [-0.1, -0.05) is 13.3 Å².